The number of ether oxygens (including phenoxy) is 2. The van der Waals surface area contributed by atoms with Gasteiger partial charge in [0.1, 0.15) is 5.75 Å². The molecule has 0 aliphatic rings. The Hall–Kier alpha value is -1.75. The average molecular weight is 354 g/mol. The van der Waals surface area contributed by atoms with Crippen molar-refractivity contribution >= 4 is 21.6 Å². The Morgan fingerprint density at radius 1 is 1.10 bits per heavy atom. The van der Waals surface area contributed by atoms with Crippen LogP contribution in [0, 0.1) is 12.7 Å². The van der Waals surface area contributed by atoms with Crippen LogP contribution in [0.15, 0.2) is 34.8 Å². The van der Waals surface area contributed by atoms with Crippen LogP contribution < -0.4 is 15.2 Å². The molecule has 0 bridgehead atoms. The quantitative estimate of drug-likeness (QED) is 0.781. The standard InChI is InChI=1S/C16H17BrFNO2/c1-9(2)20-15-8-16(13(19)7-12(15)18)21-14-6-11(17)5-4-10(14)3/h4-9H,19H2,1-3H3. The molecule has 3 nitrogen and oxygen atoms in total. The SMILES string of the molecule is Cc1ccc(Br)cc1Oc1cc(OC(C)C)c(F)cc1N. The fraction of sp³-hybridized carbons (Fsp3) is 0.250. The molecule has 0 fully saturated rings. The van der Waals surface area contributed by atoms with Gasteiger partial charge in [0.15, 0.2) is 17.3 Å². The maximum absolute atomic E-state index is 13.8. The van der Waals surface area contributed by atoms with Crippen molar-refractivity contribution in [3.05, 3.63) is 46.2 Å². The van der Waals surface area contributed by atoms with E-state index in [1.807, 2.05) is 39.0 Å². The summed E-state index contributed by atoms with van der Waals surface area (Å²) in [6, 6.07) is 8.36. The van der Waals surface area contributed by atoms with Crippen LogP contribution in [0.4, 0.5) is 10.1 Å². The molecule has 2 aromatic carbocycles. The molecule has 2 aromatic rings. The van der Waals surface area contributed by atoms with Gasteiger partial charge in [-0.2, -0.15) is 0 Å². The summed E-state index contributed by atoms with van der Waals surface area (Å²) < 4.78 is 25.9. The second-order valence-corrected chi connectivity index (χ2v) is 5.91. The Bertz CT molecular complexity index is 659. The van der Waals surface area contributed by atoms with Gasteiger partial charge in [0, 0.05) is 16.6 Å². The number of benzene rings is 2. The highest BCUT2D eigenvalue weighted by Crippen LogP contribution is 2.35. The second-order valence-electron chi connectivity index (χ2n) is 5.00. The molecular formula is C16H17BrFNO2. The van der Waals surface area contributed by atoms with E-state index in [1.165, 1.54) is 12.1 Å². The summed E-state index contributed by atoms with van der Waals surface area (Å²) in [5.74, 6) is 0.646. The van der Waals surface area contributed by atoms with Crippen LogP contribution in [-0.4, -0.2) is 6.10 Å². The predicted octanol–water partition coefficient (Wildman–Crippen LogP) is 5.06. The minimum Gasteiger partial charge on any atom is -0.488 e. The predicted molar refractivity (Wildman–Crippen MR) is 85.5 cm³/mol. The van der Waals surface area contributed by atoms with Crippen LogP contribution in [0.3, 0.4) is 0 Å². The third-order valence-electron chi connectivity index (χ3n) is 2.80. The van der Waals surface area contributed by atoms with Crippen molar-refractivity contribution in [1.29, 1.82) is 0 Å². The van der Waals surface area contributed by atoms with Crippen molar-refractivity contribution in [3.8, 4) is 17.2 Å². The lowest BCUT2D eigenvalue weighted by atomic mass is 10.2. The second kappa shape index (κ2) is 6.35. The molecular weight excluding hydrogens is 337 g/mol. The summed E-state index contributed by atoms with van der Waals surface area (Å²) in [5, 5.41) is 0. The molecule has 0 aliphatic heterocycles. The first-order valence-corrected chi connectivity index (χ1v) is 7.36. The Balaban J connectivity index is 2.37. The monoisotopic (exact) mass is 353 g/mol. The lowest BCUT2D eigenvalue weighted by Crippen LogP contribution is -2.07. The third-order valence-corrected chi connectivity index (χ3v) is 3.29. The summed E-state index contributed by atoms with van der Waals surface area (Å²) in [4.78, 5) is 0. The molecule has 0 amide bonds. The highest BCUT2D eigenvalue weighted by atomic mass is 79.9. The number of aryl methyl sites for hydroxylation is 1. The molecule has 0 aliphatic carbocycles. The fourth-order valence-corrected chi connectivity index (χ4v) is 2.13. The van der Waals surface area contributed by atoms with Crippen molar-refractivity contribution in [3.63, 3.8) is 0 Å². The molecule has 0 saturated carbocycles. The molecule has 2 N–H and O–H groups in total. The van der Waals surface area contributed by atoms with Crippen molar-refractivity contribution in [2.24, 2.45) is 0 Å². The van der Waals surface area contributed by atoms with Gasteiger partial charge >= 0.3 is 0 Å². The Morgan fingerprint density at radius 2 is 1.81 bits per heavy atom. The smallest absolute Gasteiger partial charge is 0.167 e. The van der Waals surface area contributed by atoms with Gasteiger partial charge in [-0.3, -0.25) is 0 Å². The summed E-state index contributed by atoms with van der Waals surface area (Å²) >= 11 is 3.39. The third kappa shape index (κ3) is 3.88. The van der Waals surface area contributed by atoms with Crippen molar-refractivity contribution < 1.29 is 13.9 Å². The molecule has 5 heteroatoms. The van der Waals surface area contributed by atoms with Crippen LogP contribution >= 0.6 is 15.9 Å². The van der Waals surface area contributed by atoms with E-state index in [4.69, 9.17) is 15.2 Å². The molecule has 0 spiro atoms. The number of hydrogen-bond acceptors (Lipinski definition) is 3. The van der Waals surface area contributed by atoms with Gasteiger partial charge in [0.25, 0.3) is 0 Å². The van der Waals surface area contributed by atoms with Gasteiger partial charge < -0.3 is 15.2 Å². The number of anilines is 1. The van der Waals surface area contributed by atoms with Crippen LogP contribution in [0.25, 0.3) is 0 Å². The van der Waals surface area contributed by atoms with Gasteiger partial charge in [-0.15, -0.1) is 0 Å². The number of halogens is 2. The zero-order valence-electron chi connectivity index (χ0n) is 12.1. The summed E-state index contributed by atoms with van der Waals surface area (Å²) in [6.07, 6.45) is -0.136. The first kappa shape index (κ1) is 15.6. The van der Waals surface area contributed by atoms with E-state index in [9.17, 15) is 4.39 Å². The highest BCUT2D eigenvalue weighted by Gasteiger charge is 2.13. The normalized spacial score (nSPS) is 10.8. The van der Waals surface area contributed by atoms with E-state index in [2.05, 4.69) is 15.9 Å². The molecule has 2 rings (SSSR count). The van der Waals surface area contributed by atoms with Crippen LogP contribution in [0.5, 0.6) is 17.2 Å². The number of nitrogen functional groups attached to an aromatic ring is 1. The first-order chi connectivity index (χ1) is 9.86. The van der Waals surface area contributed by atoms with E-state index in [0.29, 0.717) is 11.5 Å². The highest BCUT2D eigenvalue weighted by molar-refractivity contribution is 9.10. The largest absolute Gasteiger partial charge is 0.488 e. The van der Waals surface area contributed by atoms with E-state index in [1.54, 1.807) is 0 Å². The van der Waals surface area contributed by atoms with E-state index >= 15 is 0 Å². The van der Waals surface area contributed by atoms with E-state index in [-0.39, 0.29) is 17.5 Å². The van der Waals surface area contributed by atoms with Gasteiger partial charge in [0.05, 0.1) is 11.8 Å². The van der Waals surface area contributed by atoms with Crippen molar-refractivity contribution in [1.82, 2.24) is 0 Å². The van der Waals surface area contributed by atoms with Crippen molar-refractivity contribution in [2.45, 2.75) is 26.9 Å². The lowest BCUT2D eigenvalue weighted by Gasteiger charge is -2.15. The average Bonchev–Trinajstić information content (AvgIpc) is 2.39. The van der Waals surface area contributed by atoms with Gasteiger partial charge in [0.2, 0.25) is 0 Å². The molecule has 0 radical (unpaired) electrons. The lowest BCUT2D eigenvalue weighted by molar-refractivity contribution is 0.230. The number of hydrogen-bond donors (Lipinski definition) is 1. The van der Waals surface area contributed by atoms with Gasteiger partial charge in [-0.25, -0.2) is 4.39 Å². The zero-order chi connectivity index (χ0) is 15.6. The number of nitrogens with two attached hydrogens (primary N) is 1. The summed E-state index contributed by atoms with van der Waals surface area (Å²) in [6.45, 7) is 5.58. The maximum Gasteiger partial charge on any atom is 0.167 e. The van der Waals surface area contributed by atoms with Crippen molar-refractivity contribution in [2.75, 3.05) is 5.73 Å². The minimum atomic E-state index is -0.500. The Labute approximate surface area is 132 Å². The molecule has 0 heterocycles. The van der Waals surface area contributed by atoms with Gasteiger partial charge in [-0.1, -0.05) is 22.0 Å². The topological polar surface area (TPSA) is 44.5 Å². The Morgan fingerprint density at radius 3 is 2.48 bits per heavy atom. The van der Waals surface area contributed by atoms with Crippen LogP contribution in [0.2, 0.25) is 0 Å². The zero-order valence-corrected chi connectivity index (χ0v) is 13.7. The molecule has 0 aromatic heterocycles. The van der Waals surface area contributed by atoms with E-state index in [0.717, 1.165) is 10.0 Å². The maximum atomic E-state index is 13.8. The number of rotatable bonds is 4. The fourth-order valence-electron chi connectivity index (χ4n) is 1.79. The molecule has 0 saturated heterocycles. The molecule has 0 unspecified atom stereocenters. The Kier molecular flexibility index (Phi) is 4.73. The minimum absolute atomic E-state index is 0.127. The summed E-state index contributed by atoms with van der Waals surface area (Å²) in [5.41, 5.74) is 7.00. The van der Waals surface area contributed by atoms with Gasteiger partial charge in [-0.05, 0) is 38.5 Å². The molecule has 112 valence electrons. The van der Waals surface area contributed by atoms with E-state index < -0.39 is 5.82 Å². The molecule has 21 heavy (non-hydrogen) atoms. The van der Waals surface area contributed by atoms with Crippen LogP contribution in [-0.2, 0) is 0 Å². The first-order valence-electron chi connectivity index (χ1n) is 6.56. The molecule has 0 atom stereocenters. The summed E-state index contributed by atoms with van der Waals surface area (Å²) in [7, 11) is 0. The van der Waals surface area contributed by atoms with Crippen LogP contribution in [0.1, 0.15) is 19.4 Å².